The first-order valence-electron chi connectivity index (χ1n) is 12.1. The van der Waals surface area contributed by atoms with Crippen LogP contribution in [0.5, 0.6) is 0 Å². The third-order valence-electron chi connectivity index (χ3n) is 6.09. The molecule has 1 aliphatic heterocycles. The number of nitrogens with one attached hydrogen (secondary N) is 1. The highest BCUT2D eigenvalue weighted by Crippen LogP contribution is 2.29. The summed E-state index contributed by atoms with van der Waals surface area (Å²) in [4.78, 5) is 12.8. The molecule has 3 atom stereocenters. The normalized spacial score (nSPS) is 18.6. The standard InChI is InChI=1S/C29H33NO6/c1-32-19-25-26(20-33-2)36-27(35-25)17-23-15-9-10-16-24(23)28(22-13-7-4-8-14-22)30-29(31)34-18-21-11-5-3-6-12-21/h3-16,25-28H,17-20H2,1-2H3,(H,30,31)/t25-,26-,28-/m0/s1. The molecular weight excluding hydrogens is 458 g/mol. The third-order valence-corrected chi connectivity index (χ3v) is 6.09. The fraction of sp³-hybridized carbons (Fsp3) is 0.345. The van der Waals surface area contributed by atoms with Crippen LogP contribution in [0, 0.1) is 0 Å². The summed E-state index contributed by atoms with van der Waals surface area (Å²) in [7, 11) is 3.28. The smallest absolute Gasteiger partial charge is 0.408 e. The predicted octanol–water partition coefficient (Wildman–Crippen LogP) is 4.65. The zero-order chi connectivity index (χ0) is 25.2. The molecule has 4 rings (SSSR count). The first kappa shape index (κ1) is 25.9. The second-order valence-electron chi connectivity index (χ2n) is 8.64. The van der Waals surface area contributed by atoms with Crippen molar-refractivity contribution in [2.24, 2.45) is 0 Å². The van der Waals surface area contributed by atoms with E-state index >= 15 is 0 Å². The predicted molar refractivity (Wildman–Crippen MR) is 135 cm³/mol. The Balaban J connectivity index is 1.52. The van der Waals surface area contributed by atoms with Crippen molar-refractivity contribution < 1.29 is 28.5 Å². The fourth-order valence-corrected chi connectivity index (χ4v) is 4.37. The molecule has 36 heavy (non-hydrogen) atoms. The van der Waals surface area contributed by atoms with Crippen LogP contribution >= 0.6 is 0 Å². The Hall–Kier alpha value is -3.23. The molecule has 1 heterocycles. The van der Waals surface area contributed by atoms with Gasteiger partial charge >= 0.3 is 6.09 Å². The van der Waals surface area contributed by atoms with Crippen LogP contribution in [0.4, 0.5) is 4.79 Å². The van der Waals surface area contributed by atoms with Crippen molar-refractivity contribution in [3.05, 3.63) is 107 Å². The third kappa shape index (κ3) is 6.92. The number of rotatable bonds is 11. The summed E-state index contributed by atoms with van der Waals surface area (Å²) in [5, 5.41) is 3.06. The second-order valence-corrected chi connectivity index (χ2v) is 8.64. The fourth-order valence-electron chi connectivity index (χ4n) is 4.37. The molecule has 190 valence electrons. The molecule has 0 aromatic heterocycles. The first-order valence-corrected chi connectivity index (χ1v) is 12.1. The average molecular weight is 492 g/mol. The molecule has 3 aromatic carbocycles. The quantitative estimate of drug-likeness (QED) is 0.421. The zero-order valence-electron chi connectivity index (χ0n) is 20.7. The molecule has 1 N–H and O–H groups in total. The number of amides is 1. The maximum Gasteiger partial charge on any atom is 0.408 e. The highest BCUT2D eigenvalue weighted by molar-refractivity contribution is 5.69. The topological polar surface area (TPSA) is 75.3 Å². The van der Waals surface area contributed by atoms with Gasteiger partial charge in [-0.25, -0.2) is 4.79 Å². The summed E-state index contributed by atoms with van der Waals surface area (Å²) >= 11 is 0. The molecule has 0 bridgehead atoms. The molecule has 0 aliphatic carbocycles. The van der Waals surface area contributed by atoms with Crippen LogP contribution in [-0.2, 0) is 36.7 Å². The van der Waals surface area contributed by atoms with E-state index in [4.69, 9.17) is 23.7 Å². The number of ether oxygens (including phenoxy) is 5. The summed E-state index contributed by atoms with van der Waals surface area (Å²) in [5.74, 6) is 0. The summed E-state index contributed by atoms with van der Waals surface area (Å²) < 4.78 is 28.4. The lowest BCUT2D eigenvalue weighted by Gasteiger charge is -2.23. The van der Waals surface area contributed by atoms with E-state index in [1.165, 1.54) is 0 Å². The summed E-state index contributed by atoms with van der Waals surface area (Å²) in [6.45, 7) is 1.04. The van der Waals surface area contributed by atoms with E-state index in [-0.39, 0.29) is 18.8 Å². The van der Waals surface area contributed by atoms with Crippen molar-refractivity contribution >= 4 is 6.09 Å². The molecule has 7 heteroatoms. The second kappa shape index (κ2) is 13.2. The minimum Gasteiger partial charge on any atom is -0.445 e. The van der Waals surface area contributed by atoms with Crippen LogP contribution in [0.2, 0.25) is 0 Å². The van der Waals surface area contributed by atoms with Crippen molar-refractivity contribution in [3.8, 4) is 0 Å². The largest absolute Gasteiger partial charge is 0.445 e. The van der Waals surface area contributed by atoms with Crippen molar-refractivity contribution in [1.82, 2.24) is 5.32 Å². The van der Waals surface area contributed by atoms with Crippen molar-refractivity contribution in [1.29, 1.82) is 0 Å². The summed E-state index contributed by atoms with van der Waals surface area (Å²) in [5.41, 5.74) is 3.83. The van der Waals surface area contributed by atoms with Gasteiger partial charge in [-0.2, -0.15) is 0 Å². The lowest BCUT2D eigenvalue weighted by molar-refractivity contribution is -0.0753. The van der Waals surface area contributed by atoms with Gasteiger partial charge in [-0.1, -0.05) is 84.9 Å². The molecule has 1 aliphatic rings. The SMILES string of the molecule is COC[C@@H]1OC(Cc2ccccc2[C@@H](NC(=O)OCc2ccccc2)c2ccccc2)O[C@H]1COC. The number of hydrogen-bond donors (Lipinski definition) is 1. The lowest BCUT2D eigenvalue weighted by atomic mass is 9.93. The van der Waals surface area contributed by atoms with Crippen molar-refractivity contribution in [2.75, 3.05) is 27.4 Å². The molecule has 0 spiro atoms. The van der Waals surface area contributed by atoms with Gasteiger partial charge in [0.2, 0.25) is 0 Å². The van der Waals surface area contributed by atoms with Crippen LogP contribution in [0.1, 0.15) is 28.3 Å². The number of benzene rings is 3. The first-order chi connectivity index (χ1) is 17.7. The van der Waals surface area contributed by atoms with E-state index in [9.17, 15) is 4.79 Å². The molecule has 1 amide bonds. The molecule has 7 nitrogen and oxygen atoms in total. The Bertz CT molecular complexity index is 1060. The Morgan fingerprint density at radius 1 is 0.833 bits per heavy atom. The van der Waals surface area contributed by atoms with Gasteiger partial charge in [-0.05, 0) is 22.3 Å². The monoisotopic (exact) mass is 491 g/mol. The molecule has 1 fully saturated rings. The van der Waals surface area contributed by atoms with E-state index in [1.54, 1.807) is 14.2 Å². The highest BCUT2D eigenvalue weighted by atomic mass is 16.7. The number of alkyl carbamates (subject to hydrolysis) is 1. The minimum absolute atomic E-state index is 0.196. The molecule has 0 saturated carbocycles. The van der Waals surface area contributed by atoms with Crippen LogP contribution in [0.3, 0.4) is 0 Å². The maximum atomic E-state index is 12.8. The van der Waals surface area contributed by atoms with Gasteiger partial charge in [0, 0.05) is 20.6 Å². The molecule has 1 saturated heterocycles. The van der Waals surface area contributed by atoms with Crippen molar-refractivity contribution in [2.45, 2.75) is 37.6 Å². The average Bonchev–Trinajstić information content (AvgIpc) is 3.28. The highest BCUT2D eigenvalue weighted by Gasteiger charge is 2.36. The van der Waals surface area contributed by atoms with Gasteiger partial charge in [-0.15, -0.1) is 0 Å². The summed E-state index contributed by atoms with van der Waals surface area (Å²) in [6, 6.07) is 27.0. The van der Waals surface area contributed by atoms with Crippen molar-refractivity contribution in [3.63, 3.8) is 0 Å². The summed E-state index contributed by atoms with van der Waals surface area (Å²) in [6.07, 6.45) is -0.837. The van der Waals surface area contributed by atoms with Crippen LogP contribution < -0.4 is 5.32 Å². The molecule has 0 unspecified atom stereocenters. The van der Waals surface area contributed by atoms with E-state index in [0.717, 1.165) is 22.3 Å². The van der Waals surface area contributed by atoms with Crippen LogP contribution in [0.15, 0.2) is 84.9 Å². The van der Waals surface area contributed by atoms with Gasteiger partial charge in [0.05, 0.1) is 19.3 Å². The Morgan fingerprint density at radius 3 is 2.06 bits per heavy atom. The van der Waals surface area contributed by atoms with Crippen LogP contribution in [0.25, 0.3) is 0 Å². The van der Waals surface area contributed by atoms with E-state index < -0.39 is 18.4 Å². The lowest BCUT2D eigenvalue weighted by Crippen LogP contribution is -2.31. The van der Waals surface area contributed by atoms with Gasteiger partial charge < -0.3 is 29.0 Å². The molecule has 3 aromatic rings. The number of hydrogen-bond acceptors (Lipinski definition) is 6. The van der Waals surface area contributed by atoms with E-state index in [1.807, 2.05) is 84.9 Å². The van der Waals surface area contributed by atoms with Gasteiger partial charge in [0.1, 0.15) is 18.8 Å². The minimum atomic E-state index is -0.490. The number of carbonyl (C=O) groups is 1. The van der Waals surface area contributed by atoms with Gasteiger partial charge in [0.15, 0.2) is 6.29 Å². The Labute approximate surface area is 212 Å². The van der Waals surface area contributed by atoms with E-state index in [2.05, 4.69) is 5.32 Å². The Kier molecular flexibility index (Phi) is 9.47. The van der Waals surface area contributed by atoms with E-state index in [0.29, 0.717) is 19.6 Å². The van der Waals surface area contributed by atoms with Gasteiger partial charge in [-0.3, -0.25) is 0 Å². The molecule has 0 radical (unpaired) electrons. The Morgan fingerprint density at radius 2 is 1.42 bits per heavy atom. The number of methoxy groups -OCH3 is 2. The maximum absolute atomic E-state index is 12.8. The zero-order valence-corrected chi connectivity index (χ0v) is 20.7. The number of carbonyl (C=O) groups excluding carboxylic acids is 1. The van der Waals surface area contributed by atoms with Crippen LogP contribution in [-0.4, -0.2) is 52.0 Å². The molecular formula is C29H33NO6. The van der Waals surface area contributed by atoms with Gasteiger partial charge in [0.25, 0.3) is 0 Å².